The summed E-state index contributed by atoms with van der Waals surface area (Å²) in [5, 5.41) is 4.31. The highest BCUT2D eigenvalue weighted by Crippen LogP contribution is 2.24. The third-order valence-electron chi connectivity index (χ3n) is 2.63. The van der Waals surface area contributed by atoms with E-state index in [0.29, 0.717) is 16.8 Å². The van der Waals surface area contributed by atoms with Crippen LogP contribution in [0.5, 0.6) is 0 Å². The Morgan fingerprint density at radius 2 is 2.41 bits per heavy atom. The molecule has 0 aliphatic carbocycles. The fourth-order valence-corrected chi connectivity index (χ4v) is 2.79. The molecule has 0 bridgehead atoms. The van der Waals surface area contributed by atoms with Crippen molar-refractivity contribution < 1.29 is 4.39 Å². The van der Waals surface area contributed by atoms with Gasteiger partial charge in [0.2, 0.25) is 0 Å². The second-order valence-electron chi connectivity index (χ2n) is 3.88. The van der Waals surface area contributed by atoms with Crippen molar-refractivity contribution in [1.82, 2.24) is 0 Å². The SMILES string of the molecule is CCC1CCSC(Nc2cc(Cl)ccc2F)=N1. The Morgan fingerprint density at radius 1 is 1.59 bits per heavy atom. The first kappa shape index (κ1) is 12.7. The van der Waals surface area contributed by atoms with Crippen LogP contribution in [0.25, 0.3) is 0 Å². The topological polar surface area (TPSA) is 24.4 Å². The van der Waals surface area contributed by atoms with Gasteiger partial charge in [0.15, 0.2) is 5.17 Å². The number of anilines is 1. The minimum atomic E-state index is -0.309. The molecule has 0 radical (unpaired) electrons. The standard InChI is InChI=1S/C12H14ClFN2S/c1-2-9-5-6-17-12(15-9)16-11-7-8(13)3-4-10(11)14/h3-4,7,9H,2,5-6H2,1H3,(H,15,16). The van der Waals surface area contributed by atoms with Gasteiger partial charge >= 0.3 is 0 Å². The molecule has 0 saturated heterocycles. The largest absolute Gasteiger partial charge is 0.333 e. The van der Waals surface area contributed by atoms with Crippen LogP contribution < -0.4 is 5.32 Å². The predicted octanol–water partition coefficient (Wildman–Crippen LogP) is 4.16. The number of amidine groups is 1. The zero-order valence-corrected chi connectivity index (χ0v) is 11.1. The molecule has 1 heterocycles. The van der Waals surface area contributed by atoms with E-state index in [0.717, 1.165) is 23.8 Å². The van der Waals surface area contributed by atoms with E-state index in [-0.39, 0.29) is 5.82 Å². The number of hydrogen-bond donors (Lipinski definition) is 1. The van der Waals surface area contributed by atoms with Gasteiger partial charge in [-0.15, -0.1) is 0 Å². The van der Waals surface area contributed by atoms with Gasteiger partial charge in [0.05, 0.1) is 11.7 Å². The summed E-state index contributed by atoms with van der Waals surface area (Å²) in [5.74, 6) is 0.711. The van der Waals surface area contributed by atoms with Gasteiger partial charge in [0.25, 0.3) is 0 Å². The van der Waals surface area contributed by atoms with Gasteiger partial charge < -0.3 is 5.32 Å². The second-order valence-corrected chi connectivity index (χ2v) is 5.40. The Kier molecular flexibility index (Phi) is 4.29. The number of aliphatic imine (C=N–C) groups is 1. The summed E-state index contributed by atoms with van der Waals surface area (Å²) in [6, 6.07) is 4.82. The Bertz CT molecular complexity index is 437. The first-order valence-corrected chi connectivity index (χ1v) is 6.98. The summed E-state index contributed by atoms with van der Waals surface area (Å²) >= 11 is 7.46. The van der Waals surface area contributed by atoms with Crippen LogP contribution in [0.15, 0.2) is 23.2 Å². The van der Waals surface area contributed by atoms with Crippen LogP contribution in [-0.4, -0.2) is 17.0 Å². The number of nitrogens with zero attached hydrogens (tertiary/aromatic N) is 1. The van der Waals surface area contributed by atoms with Crippen molar-refractivity contribution >= 4 is 34.2 Å². The Hall–Kier alpha value is -0.740. The maximum atomic E-state index is 13.5. The molecule has 1 aliphatic rings. The predicted molar refractivity (Wildman–Crippen MR) is 73.6 cm³/mol. The van der Waals surface area contributed by atoms with Gasteiger partial charge in [0, 0.05) is 10.8 Å². The highest BCUT2D eigenvalue weighted by Gasteiger charge is 2.15. The summed E-state index contributed by atoms with van der Waals surface area (Å²) in [6.07, 6.45) is 2.11. The van der Waals surface area contributed by atoms with Gasteiger partial charge in [-0.2, -0.15) is 0 Å². The molecule has 1 aromatic rings. The van der Waals surface area contributed by atoms with E-state index < -0.39 is 0 Å². The van der Waals surface area contributed by atoms with Crippen LogP contribution in [0.3, 0.4) is 0 Å². The molecule has 2 nitrogen and oxygen atoms in total. The number of rotatable bonds is 2. The van der Waals surface area contributed by atoms with E-state index >= 15 is 0 Å². The fourth-order valence-electron chi connectivity index (χ4n) is 1.63. The average molecular weight is 273 g/mol. The Labute approximate surface area is 110 Å². The first-order valence-electron chi connectivity index (χ1n) is 5.61. The molecular formula is C12H14ClFN2S. The molecule has 0 spiro atoms. The minimum absolute atomic E-state index is 0.309. The molecule has 2 rings (SSSR count). The molecule has 0 saturated carbocycles. The van der Waals surface area contributed by atoms with E-state index in [1.54, 1.807) is 17.8 Å². The molecule has 1 atom stereocenters. The van der Waals surface area contributed by atoms with Crippen molar-refractivity contribution in [1.29, 1.82) is 0 Å². The molecule has 5 heteroatoms. The van der Waals surface area contributed by atoms with E-state index in [9.17, 15) is 4.39 Å². The van der Waals surface area contributed by atoms with Gasteiger partial charge in [-0.25, -0.2) is 4.39 Å². The molecule has 1 aromatic carbocycles. The van der Waals surface area contributed by atoms with Crippen molar-refractivity contribution in [3.63, 3.8) is 0 Å². The summed E-state index contributed by atoms with van der Waals surface area (Å²) in [7, 11) is 0. The van der Waals surface area contributed by atoms with Crippen LogP contribution in [0.2, 0.25) is 5.02 Å². The highest BCUT2D eigenvalue weighted by molar-refractivity contribution is 8.14. The zero-order chi connectivity index (χ0) is 12.3. The third kappa shape index (κ3) is 3.36. The lowest BCUT2D eigenvalue weighted by Gasteiger charge is -2.19. The lowest BCUT2D eigenvalue weighted by molar-refractivity contribution is 0.629. The summed E-state index contributed by atoms with van der Waals surface area (Å²) < 4.78 is 13.5. The van der Waals surface area contributed by atoms with Crippen LogP contribution in [0.1, 0.15) is 19.8 Å². The van der Waals surface area contributed by atoms with Crippen molar-refractivity contribution in [2.75, 3.05) is 11.1 Å². The van der Waals surface area contributed by atoms with Gasteiger partial charge in [-0.3, -0.25) is 4.99 Å². The number of benzene rings is 1. The summed E-state index contributed by atoms with van der Waals surface area (Å²) in [6.45, 7) is 2.11. The number of halogens is 2. The highest BCUT2D eigenvalue weighted by atomic mass is 35.5. The number of nitrogens with one attached hydrogen (secondary N) is 1. The molecule has 0 amide bonds. The maximum absolute atomic E-state index is 13.5. The number of thioether (sulfide) groups is 1. The Balaban J connectivity index is 2.15. The van der Waals surface area contributed by atoms with Gasteiger partial charge in [-0.1, -0.05) is 30.3 Å². The molecule has 17 heavy (non-hydrogen) atoms. The van der Waals surface area contributed by atoms with Crippen molar-refractivity contribution in [3.8, 4) is 0 Å². The van der Waals surface area contributed by atoms with E-state index in [2.05, 4.69) is 17.2 Å². The monoisotopic (exact) mass is 272 g/mol. The minimum Gasteiger partial charge on any atom is -0.333 e. The quantitative estimate of drug-likeness (QED) is 0.874. The van der Waals surface area contributed by atoms with Gasteiger partial charge in [0.1, 0.15) is 5.82 Å². The summed E-state index contributed by atoms with van der Waals surface area (Å²) in [5.41, 5.74) is 0.389. The van der Waals surface area contributed by atoms with E-state index in [1.807, 2.05) is 0 Å². The smallest absolute Gasteiger partial charge is 0.161 e. The second kappa shape index (κ2) is 5.74. The lowest BCUT2D eigenvalue weighted by Crippen LogP contribution is -2.20. The molecule has 92 valence electrons. The van der Waals surface area contributed by atoms with Crippen LogP contribution in [-0.2, 0) is 0 Å². The molecular weight excluding hydrogens is 259 g/mol. The third-order valence-corrected chi connectivity index (χ3v) is 3.79. The Morgan fingerprint density at radius 3 is 3.18 bits per heavy atom. The van der Waals surface area contributed by atoms with Crippen LogP contribution in [0, 0.1) is 5.82 Å². The van der Waals surface area contributed by atoms with Crippen molar-refractivity contribution in [3.05, 3.63) is 29.0 Å². The normalized spacial score (nSPS) is 19.9. The molecule has 1 aliphatic heterocycles. The summed E-state index contributed by atoms with van der Waals surface area (Å²) in [4.78, 5) is 4.53. The van der Waals surface area contributed by atoms with Gasteiger partial charge in [-0.05, 0) is 31.0 Å². The first-order chi connectivity index (χ1) is 8.19. The van der Waals surface area contributed by atoms with E-state index in [1.165, 1.54) is 12.1 Å². The molecule has 1 unspecified atom stereocenters. The molecule has 0 fully saturated rings. The van der Waals surface area contributed by atoms with E-state index in [4.69, 9.17) is 11.6 Å². The van der Waals surface area contributed by atoms with Crippen molar-refractivity contribution in [2.24, 2.45) is 4.99 Å². The van der Waals surface area contributed by atoms with Crippen LogP contribution in [0.4, 0.5) is 10.1 Å². The molecule has 1 N–H and O–H groups in total. The lowest BCUT2D eigenvalue weighted by atomic mass is 10.2. The average Bonchev–Trinajstić information content (AvgIpc) is 2.34. The molecule has 0 aromatic heterocycles. The maximum Gasteiger partial charge on any atom is 0.161 e. The number of hydrogen-bond acceptors (Lipinski definition) is 3. The van der Waals surface area contributed by atoms with Crippen LogP contribution >= 0.6 is 23.4 Å². The fraction of sp³-hybridized carbons (Fsp3) is 0.417. The van der Waals surface area contributed by atoms with Crippen molar-refractivity contribution in [2.45, 2.75) is 25.8 Å². The zero-order valence-electron chi connectivity index (χ0n) is 9.54.